The van der Waals surface area contributed by atoms with Crippen molar-refractivity contribution in [2.45, 2.75) is 31.7 Å². The minimum absolute atomic E-state index is 0.0478. The third kappa shape index (κ3) is 3.66. The molecule has 0 radical (unpaired) electrons. The van der Waals surface area contributed by atoms with Crippen LogP contribution in [-0.4, -0.2) is 61.1 Å². The minimum atomic E-state index is 0.0478. The number of carbonyl (C=O) groups excluding carboxylic acids is 1. The molecular weight excluding hydrogens is 268 g/mol. The smallest absolute Gasteiger partial charge is 0.289 e. The zero-order chi connectivity index (χ0) is 14.5. The molecule has 5 heteroatoms. The summed E-state index contributed by atoms with van der Waals surface area (Å²) in [5, 5.41) is 0. The van der Waals surface area contributed by atoms with Crippen LogP contribution in [0.1, 0.15) is 36.2 Å². The van der Waals surface area contributed by atoms with E-state index in [-0.39, 0.29) is 5.91 Å². The van der Waals surface area contributed by atoms with Crippen molar-refractivity contribution < 1.29 is 13.9 Å². The number of hydrogen-bond acceptors (Lipinski definition) is 4. The predicted octanol–water partition coefficient (Wildman–Crippen LogP) is 2.00. The molecule has 3 rings (SSSR count). The third-order valence-electron chi connectivity index (χ3n) is 4.50. The molecule has 0 spiro atoms. The molecule has 2 saturated heterocycles. The molecule has 0 aromatic carbocycles. The monoisotopic (exact) mass is 292 g/mol. The Morgan fingerprint density at radius 2 is 2.10 bits per heavy atom. The molecule has 0 saturated carbocycles. The Morgan fingerprint density at radius 3 is 2.86 bits per heavy atom. The lowest BCUT2D eigenvalue weighted by molar-refractivity contribution is 0.0290. The Balaban J connectivity index is 1.57. The van der Waals surface area contributed by atoms with Gasteiger partial charge >= 0.3 is 0 Å². The second-order valence-electron chi connectivity index (χ2n) is 5.87. The summed E-state index contributed by atoms with van der Waals surface area (Å²) in [5.41, 5.74) is 0. The molecule has 3 heterocycles. The second-order valence-corrected chi connectivity index (χ2v) is 5.87. The van der Waals surface area contributed by atoms with Crippen molar-refractivity contribution in [3.8, 4) is 0 Å². The van der Waals surface area contributed by atoms with E-state index in [1.54, 1.807) is 18.4 Å². The van der Waals surface area contributed by atoms with Gasteiger partial charge < -0.3 is 14.1 Å². The third-order valence-corrected chi connectivity index (χ3v) is 4.50. The lowest BCUT2D eigenvalue weighted by Gasteiger charge is -2.37. The topological polar surface area (TPSA) is 45.9 Å². The summed E-state index contributed by atoms with van der Waals surface area (Å²) in [6.45, 7) is 5.60. The van der Waals surface area contributed by atoms with Crippen LogP contribution in [0.5, 0.6) is 0 Å². The van der Waals surface area contributed by atoms with Crippen LogP contribution in [0.3, 0.4) is 0 Å². The molecule has 0 unspecified atom stereocenters. The Morgan fingerprint density at radius 1 is 1.24 bits per heavy atom. The van der Waals surface area contributed by atoms with E-state index in [1.165, 1.54) is 6.42 Å². The normalized spacial score (nSPS) is 24.2. The van der Waals surface area contributed by atoms with Crippen LogP contribution >= 0.6 is 0 Å². The number of likely N-dealkylation sites (tertiary alicyclic amines) is 1. The minimum Gasteiger partial charge on any atom is -0.459 e. The fraction of sp³-hybridized carbons (Fsp3) is 0.688. The molecule has 1 aromatic heterocycles. The average molecular weight is 292 g/mol. The lowest BCUT2D eigenvalue weighted by Crippen LogP contribution is -2.46. The fourth-order valence-electron chi connectivity index (χ4n) is 3.27. The summed E-state index contributed by atoms with van der Waals surface area (Å²) in [6, 6.07) is 3.88. The van der Waals surface area contributed by atoms with E-state index in [0.717, 1.165) is 58.7 Å². The first-order valence-electron chi connectivity index (χ1n) is 7.99. The van der Waals surface area contributed by atoms with Crippen LogP contribution < -0.4 is 0 Å². The first-order chi connectivity index (χ1) is 10.3. The van der Waals surface area contributed by atoms with E-state index >= 15 is 0 Å². The van der Waals surface area contributed by atoms with Gasteiger partial charge in [0.25, 0.3) is 5.91 Å². The molecule has 116 valence electrons. The van der Waals surface area contributed by atoms with Crippen LogP contribution in [0.25, 0.3) is 0 Å². The molecule has 0 aliphatic carbocycles. The van der Waals surface area contributed by atoms with Gasteiger partial charge in [0.2, 0.25) is 0 Å². The first-order valence-corrected chi connectivity index (χ1v) is 7.99. The van der Waals surface area contributed by atoms with Gasteiger partial charge in [-0.1, -0.05) is 0 Å². The number of carbonyl (C=O) groups is 1. The van der Waals surface area contributed by atoms with Gasteiger partial charge in [-0.3, -0.25) is 9.69 Å². The number of amides is 1. The number of ether oxygens (including phenoxy) is 1. The number of nitrogens with zero attached hydrogens (tertiary/aromatic N) is 2. The molecule has 1 amide bonds. The van der Waals surface area contributed by atoms with Gasteiger partial charge in [-0.15, -0.1) is 0 Å². The zero-order valence-corrected chi connectivity index (χ0v) is 12.5. The highest BCUT2D eigenvalue weighted by molar-refractivity contribution is 5.91. The summed E-state index contributed by atoms with van der Waals surface area (Å²) in [4.78, 5) is 17.0. The molecule has 2 aliphatic heterocycles. The van der Waals surface area contributed by atoms with E-state index in [0.29, 0.717) is 11.8 Å². The average Bonchev–Trinajstić information content (AvgIpc) is 3.08. The van der Waals surface area contributed by atoms with Gasteiger partial charge in [0.05, 0.1) is 19.5 Å². The van der Waals surface area contributed by atoms with E-state index in [9.17, 15) is 4.79 Å². The number of furan rings is 1. The number of hydrogen-bond donors (Lipinski definition) is 0. The van der Waals surface area contributed by atoms with Crippen molar-refractivity contribution in [3.05, 3.63) is 24.2 Å². The number of morpholine rings is 1. The Kier molecular flexibility index (Phi) is 4.93. The quantitative estimate of drug-likeness (QED) is 0.851. The van der Waals surface area contributed by atoms with Gasteiger partial charge in [-0.25, -0.2) is 0 Å². The summed E-state index contributed by atoms with van der Waals surface area (Å²) in [5.74, 6) is 0.514. The number of rotatable bonds is 4. The van der Waals surface area contributed by atoms with E-state index in [4.69, 9.17) is 9.15 Å². The fourth-order valence-corrected chi connectivity index (χ4v) is 3.27. The molecule has 0 bridgehead atoms. The van der Waals surface area contributed by atoms with Crippen LogP contribution in [0.2, 0.25) is 0 Å². The molecule has 5 nitrogen and oxygen atoms in total. The van der Waals surface area contributed by atoms with Crippen LogP contribution in [0.4, 0.5) is 0 Å². The van der Waals surface area contributed by atoms with Gasteiger partial charge in [-0.2, -0.15) is 0 Å². The summed E-state index contributed by atoms with van der Waals surface area (Å²) in [6.07, 6.45) is 6.04. The van der Waals surface area contributed by atoms with Gasteiger partial charge in [0, 0.05) is 32.2 Å². The maximum Gasteiger partial charge on any atom is 0.289 e. The van der Waals surface area contributed by atoms with Gasteiger partial charge in [0.15, 0.2) is 5.76 Å². The van der Waals surface area contributed by atoms with Crippen LogP contribution in [0, 0.1) is 0 Å². The highest BCUT2D eigenvalue weighted by atomic mass is 16.5. The van der Waals surface area contributed by atoms with Gasteiger partial charge in [0.1, 0.15) is 0 Å². The van der Waals surface area contributed by atoms with Crippen LogP contribution in [0.15, 0.2) is 22.8 Å². The Bertz CT molecular complexity index is 440. The Hall–Kier alpha value is -1.33. The molecule has 21 heavy (non-hydrogen) atoms. The first kappa shape index (κ1) is 14.6. The summed E-state index contributed by atoms with van der Waals surface area (Å²) in [7, 11) is 0. The predicted molar refractivity (Wildman–Crippen MR) is 79.3 cm³/mol. The summed E-state index contributed by atoms with van der Waals surface area (Å²) < 4.78 is 10.7. The maximum absolute atomic E-state index is 12.5. The molecule has 1 aromatic rings. The molecule has 2 aliphatic rings. The van der Waals surface area contributed by atoms with Crippen molar-refractivity contribution in [1.82, 2.24) is 9.80 Å². The number of piperidine rings is 1. The highest BCUT2D eigenvalue weighted by Crippen LogP contribution is 2.22. The maximum atomic E-state index is 12.5. The van der Waals surface area contributed by atoms with Crippen molar-refractivity contribution in [3.63, 3.8) is 0 Å². The lowest BCUT2D eigenvalue weighted by atomic mass is 9.98. The van der Waals surface area contributed by atoms with E-state index in [1.807, 2.05) is 4.90 Å². The summed E-state index contributed by atoms with van der Waals surface area (Å²) >= 11 is 0. The Labute approximate surface area is 125 Å². The zero-order valence-electron chi connectivity index (χ0n) is 12.5. The van der Waals surface area contributed by atoms with Crippen molar-refractivity contribution in [1.29, 1.82) is 0 Å². The highest BCUT2D eigenvalue weighted by Gasteiger charge is 2.29. The van der Waals surface area contributed by atoms with Crippen LogP contribution in [-0.2, 0) is 4.74 Å². The van der Waals surface area contributed by atoms with E-state index < -0.39 is 0 Å². The van der Waals surface area contributed by atoms with Gasteiger partial charge in [-0.05, 0) is 37.8 Å². The van der Waals surface area contributed by atoms with Crippen molar-refractivity contribution >= 4 is 5.91 Å². The second kappa shape index (κ2) is 7.09. The van der Waals surface area contributed by atoms with Crippen molar-refractivity contribution in [2.24, 2.45) is 0 Å². The molecule has 2 fully saturated rings. The SMILES string of the molecule is O=C(c1ccco1)N1CCCC[C@@H]1CCN1CCOCC1. The largest absolute Gasteiger partial charge is 0.459 e. The molecule has 0 N–H and O–H groups in total. The van der Waals surface area contributed by atoms with E-state index in [2.05, 4.69) is 4.90 Å². The molecular formula is C16H24N2O3. The van der Waals surface area contributed by atoms with Crippen molar-refractivity contribution in [2.75, 3.05) is 39.4 Å². The molecule has 1 atom stereocenters. The standard InChI is InChI=1S/C16H24N2O3/c19-16(15-5-3-11-21-15)18-7-2-1-4-14(18)6-8-17-9-12-20-13-10-17/h3,5,11,14H,1-2,4,6-10,12-13H2/t14-/m1/s1.